The predicted molar refractivity (Wildman–Crippen MR) is 103 cm³/mol. The average molecular weight is 442 g/mol. The lowest BCUT2D eigenvalue weighted by atomic mass is 9.88. The van der Waals surface area contributed by atoms with E-state index in [4.69, 9.17) is 19.9 Å². The number of alkyl halides is 3. The topological polar surface area (TPSA) is 82.8 Å². The van der Waals surface area contributed by atoms with Crippen LogP contribution < -0.4 is 20.5 Å². The van der Waals surface area contributed by atoms with Crippen molar-refractivity contribution < 1.29 is 36.6 Å². The number of nitrogens with one attached hydrogen (secondary N) is 1. The molecule has 0 fully saturated rings. The van der Waals surface area contributed by atoms with Crippen LogP contribution in [0.2, 0.25) is 0 Å². The minimum absolute atomic E-state index is 0.0216. The van der Waals surface area contributed by atoms with E-state index in [9.17, 15) is 22.4 Å². The van der Waals surface area contributed by atoms with Crippen molar-refractivity contribution in [2.45, 2.75) is 31.7 Å². The van der Waals surface area contributed by atoms with E-state index in [-0.39, 0.29) is 38.7 Å². The van der Waals surface area contributed by atoms with E-state index in [2.05, 4.69) is 5.32 Å². The van der Waals surface area contributed by atoms with Crippen LogP contribution in [0, 0.1) is 5.82 Å². The number of fused-ring (bicyclic) bond motifs is 1. The van der Waals surface area contributed by atoms with E-state index in [1.54, 1.807) is 6.92 Å². The highest BCUT2D eigenvalue weighted by molar-refractivity contribution is 5.89. The molecule has 1 heterocycles. The maximum atomic E-state index is 14.0. The molecule has 3 N–H and O–H groups in total. The second-order valence-corrected chi connectivity index (χ2v) is 6.90. The number of hydrogen-bond acceptors (Lipinski definition) is 5. The van der Waals surface area contributed by atoms with Gasteiger partial charge in [-0.2, -0.15) is 13.2 Å². The van der Waals surface area contributed by atoms with Gasteiger partial charge < -0.3 is 25.3 Å². The molecule has 31 heavy (non-hydrogen) atoms. The van der Waals surface area contributed by atoms with Gasteiger partial charge in [0.1, 0.15) is 17.3 Å². The Labute approximate surface area is 176 Å². The lowest BCUT2D eigenvalue weighted by Gasteiger charge is -2.32. The molecule has 0 saturated heterocycles. The van der Waals surface area contributed by atoms with Crippen molar-refractivity contribution >= 4 is 5.91 Å². The molecular formula is C21H22F4N2O4. The van der Waals surface area contributed by atoms with Crippen molar-refractivity contribution in [2.24, 2.45) is 5.73 Å². The molecule has 2 aromatic carbocycles. The Morgan fingerprint density at radius 1 is 1.26 bits per heavy atom. The van der Waals surface area contributed by atoms with Crippen LogP contribution in [0.25, 0.3) is 0 Å². The van der Waals surface area contributed by atoms with Gasteiger partial charge >= 0.3 is 6.18 Å². The standard InChI is InChI=1S/C21H22F4N2O4/c1-2-30-17-6-4-3-5-16(17)20(26,21(23,24)25)19(28)27-8-7-13-9-15(22)10-14-11-29-12-31-18(13)14/h3-6,9-10H,2,7-8,11-12,26H2,1H3,(H,27,28)/t20-/m1/s1. The Bertz CT molecular complexity index is 951. The van der Waals surface area contributed by atoms with Crippen LogP contribution in [-0.4, -0.2) is 32.0 Å². The minimum atomic E-state index is -5.09. The summed E-state index contributed by atoms with van der Waals surface area (Å²) in [5.74, 6) is -1.71. The van der Waals surface area contributed by atoms with E-state index in [1.165, 1.54) is 30.3 Å². The summed E-state index contributed by atoms with van der Waals surface area (Å²) in [4.78, 5) is 12.7. The molecule has 3 rings (SSSR count). The second kappa shape index (κ2) is 9.11. The van der Waals surface area contributed by atoms with Gasteiger partial charge in [0.15, 0.2) is 6.79 Å². The van der Waals surface area contributed by atoms with Crippen LogP contribution in [-0.2, 0) is 28.1 Å². The number of carbonyl (C=O) groups is 1. The second-order valence-electron chi connectivity index (χ2n) is 6.90. The molecule has 1 atom stereocenters. The van der Waals surface area contributed by atoms with Gasteiger partial charge in [-0.3, -0.25) is 4.79 Å². The van der Waals surface area contributed by atoms with Crippen molar-refractivity contribution in [1.29, 1.82) is 0 Å². The van der Waals surface area contributed by atoms with Gasteiger partial charge in [0.25, 0.3) is 5.91 Å². The fourth-order valence-electron chi connectivity index (χ4n) is 3.37. The van der Waals surface area contributed by atoms with Crippen molar-refractivity contribution in [3.63, 3.8) is 0 Å². The number of amides is 1. The van der Waals surface area contributed by atoms with Gasteiger partial charge in [-0.1, -0.05) is 18.2 Å². The fourth-order valence-corrected chi connectivity index (χ4v) is 3.37. The summed E-state index contributed by atoms with van der Waals surface area (Å²) < 4.78 is 71.5. The third-order valence-electron chi connectivity index (χ3n) is 4.85. The Balaban J connectivity index is 1.81. The zero-order valence-electron chi connectivity index (χ0n) is 16.7. The Hall–Kier alpha value is -2.85. The first-order chi connectivity index (χ1) is 14.7. The third-order valence-corrected chi connectivity index (χ3v) is 4.85. The molecule has 1 aliphatic rings. The minimum Gasteiger partial charge on any atom is -0.494 e. The molecule has 168 valence electrons. The Morgan fingerprint density at radius 2 is 2.00 bits per heavy atom. The summed E-state index contributed by atoms with van der Waals surface area (Å²) in [6.45, 7) is 1.62. The summed E-state index contributed by atoms with van der Waals surface area (Å²) in [7, 11) is 0. The van der Waals surface area contributed by atoms with Gasteiger partial charge in [-0.15, -0.1) is 0 Å². The highest BCUT2D eigenvalue weighted by atomic mass is 19.4. The number of ether oxygens (including phenoxy) is 3. The van der Waals surface area contributed by atoms with Gasteiger partial charge in [-0.05, 0) is 37.1 Å². The highest BCUT2D eigenvalue weighted by Crippen LogP contribution is 2.41. The smallest absolute Gasteiger partial charge is 0.419 e. The molecule has 10 heteroatoms. The molecule has 0 aromatic heterocycles. The third kappa shape index (κ3) is 4.59. The van der Waals surface area contributed by atoms with Crippen LogP contribution in [0.1, 0.15) is 23.6 Å². The quantitative estimate of drug-likeness (QED) is 0.644. The number of nitrogens with two attached hydrogens (primary N) is 1. The molecular weight excluding hydrogens is 420 g/mol. The van der Waals surface area contributed by atoms with Gasteiger partial charge in [-0.25, -0.2) is 4.39 Å². The van der Waals surface area contributed by atoms with E-state index < -0.39 is 29.0 Å². The van der Waals surface area contributed by atoms with Crippen molar-refractivity contribution in [2.75, 3.05) is 19.9 Å². The van der Waals surface area contributed by atoms with Crippen LogP contribution in [0.15, 0.2) is 36.4 Å². The molecule has 0 aliphatic carbocycles. The monoisotopic (exact) mass is 442 g/mol. The molecule has 0 spiro atoms. The lowest BCUT2D eigenvalue weighted by molar-refractivity contribution is -0.194. The maximum absolute atomic E-state index is 14.0. The molecule has 0 unspecified atom stereocenters. The van der Waals surface area contributed by atoms with Crippen LogP contribution in [0.3, 0.4) is 0 Å². The lowest BCUT2D eigenvalue weighted by Crippen LogP contribution is -2.61. The molecule has 6 nitrogen and oxygen atoms in total. The predicted octanol–water partition coefficient (Wildman–Crippen LogP) is 3.17. The molecule has 1 aliphatic heterocycles. The first-order valence-corrected chi connectivity index (χ1v) is 9.56. The summed E-state index contributed by atoms with van der Waals surface area (Å²) in [6, 6.07) is 7.72. The van der Waals surface area contributed by atoms with E-state index >= 15 is 0 Å². The zero-order chi connectivity index (χ0) is 22.6. The van der Waals surface area contributed by atoms with Crippen molar-refractivity contribution in [1.82, 2.24) is 5.32 Å². The number of hydrogen-bond donors (Lipinski definition) is 2. The van der Waals surface area contributed by atoms with Crippen LogP contribution in [0.4, 0.5) is 17.6 Å². The van der Waals surface area contributed by atoms with Gasteiger partial charge in [0, 0.05) is 17.7 Å². The SMILES string of the molecule is CCOc1ccccc1[C@@](N)(C(=O)NCCc1cc(F)cc2c1OCOC2)C(F)(F)F. The maximum Gasteiger partial charge on any atom is 0.419 e. The van der Waals surface area contributed by atoms with E-state index in [1.807, 2.05) is 0 Å². The van der Waals surface area contributed by atoms with E-state index in [0.29, 0.717) is 16.9 Å². The fraction of sp³-hybridized carbons (Fsp3) is 0.381. The first-order valence-electron chi connectivity index (χ1n) is 9.56. The van der Waals surface area contributed by atoms with Gasteiger partial charge in [0.05, 0.1) is 13.2 Å². The van der Waals surface area contributed by atoms with Crippen LogP contribution in [0.5, 0.6) is 11.5 Å². The van der Waals surface area contributed by atoms with Gasteiger partial charge in [0.2, 0.25) is 5.54 Å². The first kappa shape index (κ1) is 22.8. The van der Waals surface area contributed by atoms with Crippen LogP contribution >= 0.6 is 0 Å². The largest absolute Gasteiger partial charge is 0.494 e. The number of rotatable bonds is 7. The van der Waals surface area contributed by atoms with Crippen molar-refractivity contribution in [3.8, 4) is 11.5 Å². The average Bonchev–Trinajstić information content (AvgIpc) is 2.72. The van der Waals surface area contributed by atoms with Crippen molar-refractivity contribution in [3.05, 3.63) is 58.9 Å². The molecule has 2 aromatic rings. The Morgan fingerprint density at radius 3 is 2.71 bits per heavy atom. The summed E-state index contributed by atoms with van der Waals surface area (Å²) in [6.07, 6.45) is -5.06. The Kier molecular flexibility index (Phi) is 6.71. The summed E-state index contributed by atoms with van der Waals surface area (Å²) >= 11 is 0. The van der Waals surface area contributed by atoms with E-state index in [0.717, 1.165) is 6.07 Å². The highest BCUT2D eigenvalue weighted by Gasteiger charge is 2.60. The molecule has 0 saturated carbocycles. The molecule has 1 amide bonds. The normalized spacial score (nSPS) is 15.4. The molecule has 0 radical (unpaired) electrons. The number of para-hydroxylation sites is 1. The number of benzene rings is 2. The summed E-state index contributed by atoms with van der Waals surface area (Å²) in [5.41, 5.74) is 2.74. The number of carbonyl (C=O) groups excluding carboxylic acids is 1. The molecule has 0 bridgehead atoms. The summed E-state index contributed by atoms with van der Waals surface area (Å²) in [5, 5.41) is 2.22. The number of halogens is 4. The zero-order valence-corrected chi connectivity index (χ0v) is 16.7.